The molecule has 0 saturated carbocycles. The Labute approximate surface area is 249 Å². The molecule has 0 aliphatic carbocycles. The van der Waals surface area contributed by atoms with Gasteiger partial charge in [-0.3, -0.25) is 9.59 Å². The van der Waals surface area contributed by atoms with E-state index in [0.29, 0.717) is 24.1 Å². The van der Waals surface area contributed by atoms with E-state index in [4.69, 9.17) is 4.74 Å². The number of aryl methyl sites for hydroxylation is 1. The summed E-state index contributed by atoms with van der Waals surface area (Å²) < 4.78 is 5.49. The summed E-state index contributed by atoms with van der Waals surface area (Å²) in [6.07, 6.45) is 7.67. The Hall–Kier alpha value is -2.77. The van der Waals surface area contributed by atoms with Gasteiger partial charge in [0, 0.05) is 12.6 Å². The molecule has 0 heterocycles. The largest absolute Gasteiger partial charge is 0.508 e. The first-order chi connectivity index (χ1) is 19.2. The van der Waals surface area contributed by atoms with Crippen LogP contribution in [-0.4, -0.2) is 52.1 Å². The maximum atomic E-state index is 14.4. The number of phenolic OH excluding ortho intramolecular Hbond substituents is 1. The van der Waals surface area contributed by atoms with Crippen molar-refractivity contribution in [2.24, 2.45) is 5.92 Å². The lowest BCUT2D eigenvalue weighted by Crippen LogP contribution is -2.54. The zero-order valence-electron chi connectivity index (χ0n) is 27.1. The summed E-state index contributed by atoms with van der Waals surface area (Å²) in [6, 6.07) is 3.21. The van der Waals surface area contributed by atoms with Crippen molar-refractivity contribution in [3.05, 3.63) is 29.3 Å². The summed E-state index contributed by atoms with van der Waals surface area (Å²) in [7, 11) is 0. The highest BCUT2D eigenvalue weighted by Crippen LogP contribution is 2.28. The average Bonchev–Trinajstić information content (AvgIpc) is 2.85. The van der Waals surface area contributed by atoms with Gasteiger partial charge in [-0.1, -0.05) is 72.3 Å². The zero-order chi connectivity index (χ0) is 31.2. The van der Waals surface area contributed by atoms with Crippen molar-refractivity contribution in [2.75, 3.05) is 6.54 Å². The second-order valence-electron chi connectivity index (χ2n) is 12.8. The second kappa shape index (κ2) is 17.9. The summed E-state index contributed by atoms with van der Waals surface area (Å²) in [4.78, 5) is 42.7. The number of carbonyl (C=O) groups excluding carboxylic acids is 3. The second-order valence-corrected chi connectivity index (χ2v) is 12.8. The average molecular weight is 576 g/mol. The maximum Gasteiger partial charge on any atom is 0.408 e. The molecule has 3 atom stereocenters. The number of alkyl carbamates (subject to hydrolysis) is 1. The molecule has 0 aromatic heterocycles. The van der Waals surface area contributed by atoms with E-state index in [0.717, 1.165) is 44.9 Å². The normalized spacial score (nSPS) is 13.8. The lowest BCUT2D eigenvalue weighted by molar-refractivity contribution is -0.143. The highest BCUT2D eigenvalue weighted by molar-refractivity contribution is 5.92. The van der Waals surface area contributed by atoms with Crippen molar-refractivity contribution in [1.29, 1.82) is 0 Å². The molecule has 0 fully saturated rings. The highest BCUT2D eigenvalue weighted by Gasteiger charge is 2.37. The van der Waals surface area contributed by atoms with Crippen LogP contribution in [0.5, 0.6) is 5.75 Å². The summed E-state index contributed by atoms with van der Waals surface area (Å²) in [5.41, 5.74) is 0.538. The van der Waals surface area contributed by atoms with Crippen LogP contribution < -0.4 is 10.6 Å². The van der Waals surface area contributed by atoms with Crippen LogP contribution >= 0.6 is 0 Å². The standard InChI is InChI=1S/C33H57N3O5/c1-10-12-13-14-15-16-20-36(31(39)27(21-23(3)4)35-32(40)41-33(7,8)9)29(30(38)34-25(6)17-11-2)26-18-19-28(37)24(5)22-26/h18-19,22-23,25,27,29,37H,10-17,20-21H2,1-9H3,(H,34,38)(H,35,40). The van der Waals surface area contributed by atoms with E-state index in [9.17, 15) is 19.5 Å². The van der Waals surface area contributed by atoms with Crippen molar-refractivity contribution < 1.29 is 24.2 Å². The first-order valence-electron chi connectivity index (χ1n) is 15.6. The third-order valence-corrected chi connectivity index (χ3v) is 6.94. The topological polar surface area (TPSA) is 108 Å². The van der Waals surface area contributed by atoms with Gasteiger partial charge >= 0.3 is 6.09 Å². The minimum absolute atomic E-state index is 0.0643. The number of amides is 3. The van der Waals surface area contributed by atoms with Gasteiger partial charge in [-0.05, 0) is 83.1 Å². The van der Waals surface area contributed by atoms with Crippen LogP contribution in [0.2, 0.25) is 0 Å². The van der Waals surface area contributed by atoms with Gasteiger partial charge in [0.05, 0.1) is 0 Å². The van der Waals surface area contributed by atoms with E-state index in [-0.39, 0.29) is 29.5 Å². The van der Waals surface area contributed by atoms with E-state index in [2.05, 4.69) is 24.5 Å². The quantitative estimate of drug-likeness (QED) is 0.171. The SMILES string of the molecule is CCCCCCCCN(C(=O)C(CC(C)C)NC(=O)OC(C)(C)C)C(C(=O)NC(C)CCC)c1ccc(O)c(C)c1. The van der Waals surface area contributed by atoms with Crippen LogP contribution in [0, 0.1) is 12.8 Å². The summed E-state index contributed by atoms with van der Waals surface area (Å²) in [5.74, 6) is -0.337. The Balaban J connectivity index is 3.52. The number of hydrogen-bond donors (Lipinski definition) is 3. The molecule has 3 unspecified atom stereocenters. The lowest BCUT2D eigenvalue weighted by Gasteiger charge is -2.35. The molecule has 0 radical (unpaired) electrons. The molecule has 0 bridgehead atoms. The molecule has 0 aliphatic rings. The molecule has 8 heteroatoms. The smallest absolute Gasteiger partial charge is 0.408 e. The minimum Gasteiger partial charge on any atom is -0.508 e. The Kier molecular flexibility index (Phi) is 15.8. The predicted octanol–water partition coefficient (Wildman–Crippen LogP) is 7.18. The van der Waals surface area contributed by atoms with Crippen molar-refractivity contribution in [3.8, 4) is 5.75 Å². The molecular formula is C33H57N3O5. The molecule has 1 rings (SSSR count). The van der Waals surface area contributed by atoms with E-state index in [1.54, 1.807) is 50.8 Å². The fraction of sp³-hybridized carbons (Fsp3) is 0.727. The third kappa shape index (κ3) is 13.6. The van der Waals surface area contributed by atoms with E-state index >= 15 is 0 Å². The van der Waals surface area contributed by atoms with Crippen molar-refractivity contribution in [1.82, 2.24) is 15.5 Å². The van der Waals surface area contributed by atoms with Gasteiger partial charge in [0.25, 0.3) is 0 Å². The predicted molar refractivity (Wildman–Crippen MR) is 166 cm³/mol. The Morgan fingerprint density at radius 2 is 1.59 bits per heavy atom. The Morgan fingerprint density at radius 3 is 2.15 bits per heavy atom. The monoisotopic (exact) mass is 575 g/mol. The number of rotatable bonds is 17. The fourth-order valence-electron chi connectivity index (χ4n) is 4.92. The number of phenols is 1. The molecule has 1 aromatic carbocycles. The number of ether oxygens (including phenoxy) is 1. The third-order valence-electron chi connectivity index (χ3n) is 6.94. The van der Waals surface area contributed by atoms with Gasteiger partial charge in [-0.15, -0.1) is 0 Å². The number of aromatic hydroxyl groups is 1. The first kappa shape index (κ1) is 36.3. The number of carbonyl (C=O) groups is 3. The number of benzene rings is 1. The molecule has 0 spiro atoms. The molecule has 8 nitrogen and oxygen atoms in total. The van der Waals surface area contributed by atoms with Crippen LogP contribution in [0.1, 0.15) is 130 Å². The molecule has 1 aromatic rings. The van der Waals surface area contributed by atoms with Gasteiger partial charge in [0.2, 0.25) is 11.8 Å². The summed E-state index contributed by atoms with van der Waals surface area (Å²) >= 11 is 0. The first-order valence-corrected chi connectivity index (χ1v) is 15.6. The molecule has 0 saturated heterocycles. The van der Waals surface area contributed by atoms with E-state index in [1.165, 1.54) is 6.42 Å². The molecule has 3 amide bonds. The number of unbranched alkanes of at least 4 members (excludes halogenated alkanes) is 5. The number of nitrogens with zero attached hydrogens (tertiary/aromatic N) is 1. The van der Waals surface area contributed by atoms with Gasteiger partial charge < -0.3 is 25.4 Å². The van der Waals surface area contributed by atoms with Crippen molar-refractivity contribution in [3.63, 3.8) is 0 Å². The van der Waals surface area contributed by atoms with Gasteiger partial charge in [-0.25, -0.2) is 4.79 Å². The fourth-order valence-corrected chi connectivity index (χ4v) is 4.92. The summed E-state index contributed by atoms with van der Waals surface area (Å²) in [6.45, 7) is 17.7. The van der Waals surface area contributed by atoms with Crippen LogP contribution in [0.15, 0.2) is 18.2 Å². The zero-order valence-corrected chi connectivity index (χ0v) is 27.1. The molecule has 41 heavy (non-hydrogen) atoms. The minimum atomic E-state index is -0.910. The Morgan fingerprint density at radius 1 is 0.951 bits per heavy atom. The molecule has 0 aliphatic heterocycles. The van der Waals surface area contributed by atoms with Crippen LogP contribution in [-0.2, 0) is 14.3 Å². The molecule has 234 valence electrons. The van der Waals surface area contributed by atoms with Gasteiger partial charge in [0.15, 0.2) is 0 Å². The molecule has 3 N–H and O–H groups in total. The Bertz CT molecular complexity index is 957. The molecular weight excluding hydrogens is 518 g/mol. The number of nitrogens with one attached hydrogen (secondary N) is 2. The van der Waals surface area contributed by atoms with Crippen molar-refractivity contribution >= 4 is 17.9 Å². The van der Waals surface area contributed by atoms with Gasteiger partial charge in [0.1, 0.15) is 23.4 Å². The van der Waals surface area contributed by atoms with E-state index in [1.807, 2.05) is 20.8 Å². The lowest BCUT2D eigenvalue weighted by atomic mass is 9.97. The van der Waals surface area contributed by atoms with Gasteiger partial charge in [-0.2, -0.15) is 0 Å². The van der Waals surface area contributed by atoms with Crippen LogP contribution in [0.3, 0.4) is 0 Å². The van der Waals surface area contributed by atoms with E-state index < -0.39 is 23.8 Å². The van der Waals surface area contributed by atoms with Crippen LogP contribution in [0.4, 0.5) is 4.79 Å². The summed E-state index contributed by atoms with van der Waals surface area (Å²) in [5, 5.41) is 16.1. The number of hydrogen-bond acceptors (Lipinski definition) is 5. The van der Waals surface area contributed by atoms with Crippen molar-refractivity contribution in [2.45, 2.75) is 144 Å². The maximum absolute atomic E-state index is 14.4. The highest BCUT2D eigenvalue weighted by atomic mass is 16.6. The van der Waals surface area contributed by atoms with Crippen LogP contribution in [0.25, 0.3) is 0 Å².